The van der Waals surface area contributed by atoms with Gasteiger partial charge in [0.1, 0.15) is 12.4 Å². The minimum atomic E-state index is -0.548. The zero-order chi connectivity index (χ0) is 22.1. The highest BCUT2D eigenvalue weighted by Crippen LogP contribution is 2.35. The van der Waals surface area contributed by atoms with Crippen LogP contribution in [0.3, 0.4) is 0 Å². The lowest BCUT2D eigenvalue weighted by Gasteiger charge is -2.17. The third kappa shape index (κ3) is 4.78. The predicted octanol–water partition coefficient (Wildman–Crippen LogP) is 1.12. The fraction of sp³-hybridized carbons (Fsp3) is 0.250. The van der Waals surface area contributed by atoms with Crippen molar-refractivity contribution in [3.05, 3.63) is 40.3 Å². The average Bonchev–Trinajstić information content (AvgIpc) is 2.74. The smallest absolute Gasteiger partial charge is 0.260 e. The maximum absolute atomic E-state index is 13.0. The normalized spacial score (nSPS) is 11.5. The molecule has 3 N–H and O–H groups in total. The Bertz CT molecular complexity index is 1070. The number of anilines is 1. The lowest BCUT2D eigenvalue weighted by Crippen LogP contribution is -2.26. The Morgan fingerprint density at radius 3 is 2.73 bits per heavy atom. The third-order valence-electron chi connectivity index (χ3n) is 4.10. The van der Waals surface area contributed by atoms with E-state index >= 15 is 0 Å². The molecule has 0 aliphatic rings. The Kier molecular flexibility index (Phi) is 8.00. The van der Waals surface area contributed by atoms with Crippen LogP contribution in [0, 0.1) is 0 Å². The predicted molar refractivity (Wildman–Crippen MR) is 116 cm³/mol. The number of carbonyl (C=O) groups excluding carboxylic acids is 2. The number of carbonyl (C=O) groups is 2. The number of methoxy groups -OCH3 is 1. The molecule has 0 bridgehead atoms. The number of fused-ring (bicyclic) bond motifs is 1. The highest BCUT2D eigenvalue weighted by molar-refractivity contribution is 6.17. The molecule has 0 aliphatic carbocycles. The number of benzene rings is 1. The summed E-state index contributed by atoms with van der Waals surface area (Å²) in [5, 5.41) is 3.48. The summed E-state index contributed by atoms with van der Waals surface area (Å²) < 4.78 is 12.2. The summed E-state index contributed by atoms with van der Waals surface area (Å²) in [7, 11) is 1.42. The first-order chi connectivity index (χ1) is 14.5. The lowest BCUT2D eigenvalue weighted by atomic mass is 10.1. The van der Waals surface area contributed by atoms with Crippen LogP contribution in [0.5, 0.6) is 11.5 Å². The number of nitrogens with zero attached hydrogens (tertiary/aromatic N) is 3. The second-order valence-electron chi connectivity index (χ2n) is 5.83. The Hall–Kier alpha value is -3.79. The van der Waals surface area contributed by atoms with E-state index in [0.29, 0.717) is 29.4 Å². The molecule has 0 saturated carbocycles. The van der Waals surface area contributed by atoms with Crippen LogP contribution >= 0.6 is 0 Å². The molecule has 2 aromatic rings. The van der Waals surface area contributed by atoms with Crippen molar-refractivity contribution < 1.29 is 19.1 Å². The van der Waals surface area contributed by atoms with Crippen LogP contribution in [0.15, 0.2) is 44.8 Å². The van der Waals surface area contributed by atoms with Gasteiger partial charge < -0.3 is 20.5 Å². The van der Waals surface area contributed by atoms with Crippen LogP contribution in [-0.2, 0) is 16.1 Å². The van der Waals surface area contributed by atoms with Crippen LogP contribution < -0.4 is 26.1 Å². The highest BCUT2D eigenvalue weighted by Gasteiger charge is 2.18. The molecule has 1 amide bonds. The van der Waals surface area contributed by atoms with Gasteiger partial charge in [0, 0.05) is 24.3 Å². The molecule has 10 nitrogen and oxygen atoms in total. The molecule has 158 valence electrons. The van der Waals surface area contributed by atoms with Crippen molar-refractivity contribution in [2.75, 3.05) is 25.7 Å². The minimum absolute atomic E-state index is 0.00182. The zero-order valence-electron chi connectivity index (χ0n) is 16.8. The van der Waals surface area contributed by atoms with E-state index in [2.05, 4.69) is 22.0 Å². The van der Waals surface area contributed by atoms with Gasteiger partial charge >= 0.3 is 0 Å². The van der Waals surface area contributed by atoms with E-state index in [1.807, 2.05) is 0 Å². The molecule has 0 fully saturated rings. The van der Waals surface area contributed by atoms with Crippen LogP contribution in [-0.4, -0.2) is 50.1 Å². The first-order valence-electron chi connectivity index (χ1n) is 9.00. The van der Waals surface area contributed by atoms with Crippen molar-refractivity contribution in [2.24, 2.45) is 15.7 Å². The summed E-state index contributed by atoms with van der Waals surface area (Å²) in [6.07, 6.45) is 3.11. The topological polar surface area (TPSA) is 137 Å². The molecule has 30 heavy (non-hydrogen) atoms. The van der Waals surface area contributed by atoms with Crippen molar-refractivity contribution in [2.45, 2.75) is 13.5 Å². The largest absolute Gasteiger partial charge is 0.492 e. The standard InChI is InChI=1S/C20H23N5O5/c1-4-25-17(24-19(27)13(10-22-2)11-23-12-21)9-15-14(20(25)28)5-6-16(18(15)29-3)30-8-7-26/h5-7,9-11H,2,4,8,12,21H2,1,3H3,(H,24,27)/b13-10+,23-11?. The van der Waals surface area contributed by atoms with Gasteiger partial charge in [-0.3, -0.25) is 28.9 Å². The van der Waals surface area contributed by atoms with Gasteiger partial charge in [0.05, 0.1) is 24.7 Å². The van der Waals surface area contributed by atoms with E-state index in [-0.39, 0.29) is 36.0 Å². The van der Waals surface area contributed by atoms with Gasteiger partial charge in [-0.25, -0.2) is 0 Å². The summed E-state index contributed by atoms with van der Waals surface area (Å²) in [5.41, 5.74) is 5.12. The summed E-state index contributed by atoms with van der Waals surface area (Å²) in [6, 6.07) is 4.74. The molecule has 0 aliphatic heterocycles. The molecule has 1 aromatic heterocycles. The molecule has 10 heteroatoms. The Balaban J connectivity index is 2.63. The van der Waals surface area contributed by atoms with Crippen LogP contribution in [0.25, 0.3) is 10.8 Å². The number of aliphatic imine (C=N–C) groups is 2. The monoisotopic (exact) mass is 413 g/mol. The first kappa shape index (κ1) is 22.5. The van der Waals surface area contributed by atoms with Crippen LogP contribution in [0.1, 0.15) is 6.92 Å². The number of amides is 1. The lowest BCUT2D eigenvalue weighted by molar-refractivity contribution is -0.112. The second kappa shape index (κ2) is 10.7. The molecule has 0 unspecified atom stereocenters. The molecule has 0 saturated heterocycles. The van der Waals surface area contributed by atoms with E-state index < -0.39 is 5.91 Å². The molecule has 0 atom stereocenters. The van der Waals surface area contributed by atoms with E-state index in [4.69, 9.17) is 15.2 Å². The van der Waals surface area contributed by atoms with Gasteiger partial charge in [0.15, 0.2) is 17.8 Å². The quantitative estimate of drug-likeness (QED) is 0.340. The highest BCUT2D eigenvalue weighted by atomic mass is 16.5. The Morgan fingerprint density at radius 2 is 2.13 bits per heavy atom. The number of aldehydes is 1. The van der Waals surface area contributed by atoms with Crippen LogP contribution in [0.2, 0.25) is 0 Å². The van der Waals surface area contributed by atoms with Gasteiger partial charge in [0.25, 0.3) is 11.5 Å². The Labute approximate surface area is 172 Å². The molecule has 0 spiro atoms. The SMILES string of the molecule is C=N/C=C(\C=NCN)C(=O)Nc1cc2c(OC)c(OCC=O)ccc2c(=O)n1CC. The number of nitrogens with two attached hydrogens (primary N) is 1. The number of hydrogen-bond donors (Lipinski definition) is 2. The zero-order valence-corrected chi connectivity index (χ0v) is 16.8. The number of ether oxygens (including phenoxy) is 2. The summed E-state index contributed by atoms with van der Waals surface area (Å²) in [5.74, 6) is 0.266. The van der Waals surface area contributed by atoms with Gasteiger partial charge in [-0.1, -0.05) is 0 Å². The fourth-order valence-corrected chi connectivity index (χ4v) is 2.83. The fourth-order valence-electron chi connectivity index (χ4n) is 2.83. The maximum Gasteiger partial charge on any atom is 0.260 e. The van der Waals surface area contributed by atoms with E-state index in [0.717, 1.165) is 0 Å². The van der Waals surface area contributed by atoms with Crippen molar-refractivity contribution >= 4 is 41.7 Å². The van der Waals surface area contributed by atoms with Gasteiger partial charge in [-0.05, 0) is 31.8 Å². The van der Waals surface area contributed by atoms with E-state index in [1.165, 1.54) is 24.1 Å². The number of hydrogen-bond acceptors (Lipinski definition) is 8. The second-order valence-corrected chi connectivity index (χ2v) is 5.83. The number of nitrogens with one attached hydrogen (secondary N) is 1. The first-order valence-corrected chi connectivity index (χ1v) is 9.00. The average molecular weight is 413 g/mol. The molecule has 2 rings (SSSR count). The van der Waals surface area contributed by atoms with E-state index in [9.17, 15) is 14.4 Å². The Morgan fingerprint density at radius 1 is 1.37 bits per heavy atom. The maximum atomic E-state index is 13.0. The van der Waals surface area contributed by atoms with Crippen LogP contribution in [0.4, 0.5) is 5.82 Å². The molecule has 0 radical (unpaired) electrons. The summed E-state index contributed by atoms with van der Waals surface area (Å²) in [6.45, 7) is 5.25. The summed E-state index contributed by atoms with van der Waals surface area (Å²) in [4.78, 5) is 43.7. The van der Waals surface area contributed by atoms with Gasteiger partial charge in [0.2, 0.25) is 0 Å². The number of aromatic nitrogens is 1. The van der Waals surface area contributed by atoms with E-state index in [1.54, 1.807) is 25.1 Å². The third-order valence-corrected chi connectivity index (χ3v) is 4.10. The number of rotatable bonds is 10. The van der Waals surface area contributed by atoms with Crippen molar-refractivity contribution in [3.63, 3.8) is 0 Å². The van der Waals surface area contributed by atoms with Crippen molar-refractivity contribution in [3.8, 4) is 11.5 Å². The molecule has 1 heterocycles. The van der Waals surface area contributed by atoms with Crippen molar-refractivity contribution in [1.82, 2.24) is 4.57 Å². The summed E-state index contributed by atoms with van der Waals surface area (Å²) >= 11 is 0. The van der Waals surface area contributed by atoms with Gasteiger partial charge in [-0.2, -0.15) is 0 Å². The van der Waals surface area contributed by atoms with Crippen molar-refractivity contribution in [1.29, 1.82) is 0 Å². The van der Waals surface area contributed by atoms with Gasteiger partial charge in [-0.15, -0.1) is 0 Å². The number of pyridine rings is 1. The molecular formula is C20H23N5O5. The minimum Gasteiger partial charge on any atom is -0.492 e. The molecule has 1 aromatic carbocycles. The molecular weight excluding hydrogens is 390 g/mol.